The largest absolute Gasteiger partial charge is 0.322 e. The van der Waals surface area contributed by atoms with Gasteiger partial charge in [0.05, 0.1) is 23.1 Å². The summed E-state index contributed by atoms with van der Waals surface area (Å²) < 4.78 is 1.97. The zero-order chi connectivity index (χ0) is 20.4. The van der Waals surface area contributed by atoms with Crippen LogP contribution in [0.4, 0.5) is 5.69 Å². The zero-order valence-corrected chi connectivity index (χ0v) is 17.3. The van der Waals surface area contributed by atoms with E-state index in [4.69, 9.17) is 0 Å². The Morgan fingerprint density at radius 3 is 2.52 bits per heavy atom. The van der Waals surface area contributed by atoms with E-state index < -0.39 is 0 Å². The van der Waals surface area contributed by atoms with Gasteiger partial charge in [0.1, 0.15) is 0 Å². The molecule has 2 heterocycles. The molecule has 2 aromatic carbocycles. The van der Waals surface area contributed by atoms with Crippen molar-refractivity contribution in [2.24, 2.45) is 0 Å². The molecule has 0 spiro atoms. The van der Waals surface area contributed by atoms with Crippen LogP contribution in [-0.2, 0) is 0 Å². The molecule has 1 saturated heterocycles. The van der Waals surface area contributed by atoms with Crippen LogP contribution in [-0.4, -0.2) is 28.8 Å². The molecule has 1 aliphatic heterocycles. The fourth-order valence-electron chi connectivity index (χ4n) is 3.99. The Labute approximate surface area is 172 Å². The van der Waals surface area contributed by atoms with Crippen LogP contribution in [0.25, 0.3) is 5.69 Å². The van der Waals surface area contributed by atoms with Crippen LogP contribution >= 0.6 is 0 Å². The lowest BCUT2D eigenvalue weighted by Gasteiger charge is -2.25. The highest BCUT2D eigenvalue weighted by atomic mass is 16.1. The molecule has 29 heavy (non-hydrogen) atoms. The third-order valence-corrected chi connectivity index (χ3v) is 5.91. The Morgan fingerprint density at radius 1 is 1.03 bits per heavy atom. The Kier molecular flexibility index (Phi) is 5.49. The molecule has 4 rings (SSSR count). The van der Waals surface area contributed by atoms with Crippen molar-refractivity contribution >= 4 is 11.6 Å². The van der Waals surface area contributed by atoms with E-state index in [9.17, 15) is 4.79 Å². The molecule has 5 heteroatoms. The van der Waals surface area contributed by atoms with Crippen LogP contribution in [0.5, 0.6) is 0 Å². The Balaban J connectivity index is 1.75. The molecule has 1 amide bonds. The SMILES string of the molecule is Cc1ccc(-n2ncc(C(=O)Nc3ccccc3C)c2C2CCNCC2)cc1C. The lowest BCUT2D eigenvalue weighted by Crippen LogP contribution is -2.29. The van der Waals surface area contributed by atoms with Crippen LogP contribution in [0.1, 0.15) is 51.5 Å². The van der Waals surface area contributed by atoms with E-state index in [1.165, 1.54) is 11.1 Å². The van der Waals surface area contributed by atoms with Gasteiger partial charge in [-0.05, 0) is 81.6 Å². The van der Waals surface area contributed by atoms with E-state index in [0.717, 1.165) is 48.6 Å². The lowest BCUT2D eigenvalue weighted by molar-refractivity contribution is 0.102. The maximum atomic E-state index is 13.2. The van der Waals surface area contributed by atoms with Gasteiger partial charge < -0.3 is 10.6 Å². The first-order chi connectivity index (χ1) is 14.0. The van der Waals surface area contributed by atoms with Gasteiger partial charge in [0.2, 0.25) is 0 Å². The molecule has 5 nitrogen and oxygen atoms in total. The monoisotopic (exact) mass is 388 g/mol. The van der Waals surface area contributed by atoms with E-state index >= 15 is 0 Å². The summed E-state index contributed by atoms with van der Waals surface area (Å²) in [6.45, 7) is 8.14. The predicted molar refractivity (Wildman–Crippen MR) is 117 cm³/mol. The minimum atomic E-state index is -0.0945. The van der Waals surface area contributed by atoms with Gasteiger partial charge in [-0.3, -0.25) is 4.79 Å². The number of carbonyl (C=O) groups excluding carboxylic acids is 1. The van der Waals surface area contributed by atoms with Crippen LogP contribution in [0.3, 0.4) is 0 Å². The molecule has 0 radical (unpaired) electrons. The topological polar surface area (TPSA) is 59.0 Å². The predicted octanol–water partition coefficient (Wildman–Crippen LogP) is 4.52. The number of aryl methyl sites for hydroxylation is 3. The van der Waals surface area contributed by atoms with Crippen molar-refractivity contribution in [2.45, 2.75) is 39.5 Å². The third kappa shape index (κ3) is 3.96. The Bertz CT molecular complexity index is 1030. The maximum Gasteiger partial charge on any atom is 0.259 e. The molecule has 1 fully saturated rings. The number of anilines is 1. The summed E-state index contributed by atoms with van der Waals surface area (Å²) in [6.07, 6.45) is 3.72. The molecule has 1 aliphatic rings. The van der Waals surface area contributed by atoms with Crippen molar-refractivity contribution in [3.05, 3.63) is 76.6 Å². The summed E-state index contributed by atoms with van der Waals surface area (Å²) >= 11 is 0. The maximum absolute atomic E-state index is 13.2. The second-order valence-corrected chi connectivity index (χ2v) is 7.92. The molecule has 0 atom stereocenters. The van der Waals surface area contributed by atoms with Crippen molar-refractivity contribution in [3.8, 4) is 5.69 Å². The fourth-order valence-corrected chi connectivity index (χ4v) is 3.99. The van der Waals surface area contributed by atoms with E-state index in [1.807, 2.05) is 35.9 Å². The standard InChI is InChI=1S/C24H28N4O/c1-16-8-9-20(14-18(16)3)28-23(19-10-12-25-13-11-19)21(15-26-28)24(29)27-22-7-5-4-6-17(22)2/h4-9,14-15,19,25H,10-13H2,1-3H3,(H,27,29). The van der Waals surface area contributed by atoms with Crippen molar-refractivity contribution in [1.82, 2.24) is 15.1 Å². The van der Waals surface area contributed by atoms with Crippen LogP contribution in [0, 0.1) is 20.8 Å². The number of hydrogen-bond donors (Lipinski definition) is 2. The second kappa shape index (κ2) is 8.21. The molecule has 3 aromatic rings. The van der Waals surface area contributed by atoms with E-state index in [-0.39, 0.29) is 5.91 Å². The van der Waals surface area contributed by atoms with E-state index in [0.29, 0.717) is 11.5 Å². The van der Waals surface area contributed by atoms with Crippen LogP contribution < -0.4 is 10.6 Å². The number of aromatic nitrogens is 2. The number of nitrogens with zero attached hydrogens (tertiary/aromatic N) is 2. The molecular formula is C24H28N4O. The van der Waals surface area contributed by atoms with Gasteiger partial charge in [0.15, 0.2) is 0 Å². The Morgan fingerprint density at radius 2 is 1.79 bits per heavy atom. The highest BCUT2D eigenvalue weighted by Gasteiger charge is 2.27. The van der Waals surface area contributed by atoms with Crippen molar-refractivity contribution in [1.29, 1.82) is 0 Å². The first kappa shape index (κ1) is 19.4. The fraction of sp³-hybridized carbons (Fsp3) is 0.333. The molecular weight excluding hydrogens is 360 g/mol. The molecule has 2 N–H and O–H groups in total. The number of hydrogen-bond acceptors (Lipinski definition) is 3. The number of benzene rings is 2. The van der Waals surface area contributed by atoms with Gasteiger partial charge >= 0.3 is 0 Å². The van der Waals surface area contributed by atoms with Crippen LogP contribution in [0.2, 0.25) is 0 Å². The quantitative estimate of drug-likeness (QED) is 0.691. The molecule has 0 saturated carbocycles. The number of para-hydroxylation sites is 1. The summed E-state index contributed by atoms with van der Waals surface area (Å²) in [5, 5.41) is 11.2. The summed E-state index contributed by atoms with van der Waals surface area (Å²) in [6, 6.07) is 14.2. The summed E-state index contributed by atoms with van der Waals surface area (Å²) in [7, 11) is 0. The highest BCUT2D eigenvalue weighted by molar-refractivity contribution is 6.05. The first-order valence-electron chi connectivity index (χ1n) is 10.3. The Hall–Kier alpha value is -2.92. The number of nitrogens with one attached hydrogen (secondary N) is 2. The smallest absolute Gasteiger partial charge is 0.259 e. The average Bonchev–Trinajstić information content (AvgIpc) is 3.18. The number of amides is 1. The zero-order valence-electron chi connectivity index (χ0n) is 17.3. The molecule has 0 bridgehead atoms. The minimum Gasteiger partial charge on any atom is -0.322 e. The first-order valence-corrected chi connectivity index (χ1v) is 10.3. The number of carbonyl (C=O) groups is 1. The van der Waals surface area contributed by atoms with Gasteiger partial charge in [-0.15, -0.1) is 0 Å². The van der Waals surface area contributed by atoms with Gasteiger partial charge in [0.25, 0.3) is 5.91 Å². The van der Waals surface area contributed by atoms with Gasteiger partial charge in [-0.1, -0.05) is 24.3 Å². The summed E-state index contributed by atoms with van der Waals surface area (Å²) in [5.41, 5.74) is 7.05. The lowest BCUT2D eigenvalue weighted by atomic mass is 9.91. The van der Waals surface area contributed by atoms with E-state index in [1.54, 1.807) is 6.20 Å². The second-order valence-electron chi connectivity index (χ2n) is 7.92. The molecule has 0 aliphatic carbocycles. The minimum absolute atomic E-state index is 0.0945. The van der Waals surface area contributed by atoms with Gasteiger partial charge in [0, 0.05) is 11.6 Å². The van der Waals surface area contributed by atoms with Crippen molar-refractivity contribution in [3.63, 3.8) is 0 Å². The van der Waals surface area contributed by atoms with Crippen molar-refractivity contribution in [2.75, 3.05) is 18.4 Å². The molecule has 0 unspecified atom stereocenters. The normalized spacial score (nSPS) is 14.7. The number of rotatable bonds is 4. The third-order valence-electron chi connectivity index (χ3n) is 5.91. The highest BCUT2D eigenvalue weighted by Crippen LogP contribution is 2.31. The van der Waals surface area contributed by atoms with E-state index in [2.05, 4.69) is 47.8 Å². The molecule has 1 aromatic heterocycles. The van der Waals surface area contributed by atoms with Gasteiger partial charge in [-0.25, -0.2) is 4.68 Å². The van der Waals surface area contributed by atoms with Crippen LogP contribution in [0.15, 0.2) is 48.7 Å². The summed E-state index contributed by atoms with van der Waals surface area (Å²) in [5.74, 6) is 0.209. The van der Waals surface area contributed by atoms with Gasteiger partial charge in [-0.2, -0.15) is 5.10 Å². The van der Waals surface area contributed by atoms with Crippen molar-refractivity contribution < 1.29 is 4.79 Å². The number of piperidine rings is 1. The summed E-state index contributed by atoms with van der Waals surface area (Å²) in [4.78, 5) is 13.2. The molecule has 150 valence electrons. The average molecular weight is 389 g/mol.